The van der Waals surface area contributed by atoms with Gasteiger partial charge in [-0.1, -0.05) is 65.8 Å². The van der Waals surface area contributed by atoms with Gasteiger partial charge >= 0.3 is 0 Å². The van der Waals surface area contributed by atoms with Crippen molar-refractivity contribution in [3.8, 4) is 0 Å². The molecule has 2 aromatic rings. The van der Waals surface area contributed by atoms with Gasteiger partial charge in [-0.05, 0) is 50.6 Å². The standard InChI is InChI=1S/C22H23N/c1-17-6-4-8-20(13-10-17)23(21-14-11-18(2)12-15-21)22-9-5-7-19(3)16-22/h4-16,20H,1-3H3. The Kier molecular flexibility index (Phi) is 4.47. The molecule has 0 bridgehead atoms. The highest BCUT2D eigenvalue weighted by Crippen LogP contribution is 2.30. The van der Waals surface area contributed by atoms with Gasteiger partial charge in [0.15, 0.2) is 0 Å². The van der Waals surface area contributed by atoms with Crippen LogP contribution in [0, 0.1) is 13.8 Å². The first kappa shape index (κ1) is 15.4. The summed E-state index contributed by atoms with van der Waals surface area (Å²) >= 11 is 0. The van der Waals surface area contributed by atoms with Crippen LogP contribution in [-0.2, 0) is 0 Å². The predicted octanol–water partition coefficient (Wildman–Crippen LogP) is 5.88. The lowest BCUT2D eigenvalue weighted by atomic mass is 10.1. The second-order valence-electron chi connectivity index (χ2n) is 6.19. The van der Waals surface area contributed by atoms with Crippen LogP contribution in [0.15, 0.2) is 84.5 Å². The molecule has 0 heterocycles. The van der Waals surface area contributed by atoms with Gasteiger partial charge in [0.2, 0.25) is 0 Å². The zero-order chi connectivity index (χ0) is 16.2. The molecule has 0 saturated heterocycles. The van der Waals surface area contributed by atoms with E-state index in [1.54, 1.807) is 0 Å². The average molecular weight is 301 g/mol. The van der Waals surface area contributed by atoms with E-state index < -0.39 is 0 Å². The van der Waals surface area contributed by atoms with Crippen molar-refractivity contribution in [1.82, 2.24) is 0 Å². The Morgan fingerprint density at radius 3 is 2.30 bits per heavy atom. The minimum atomic E-state index is 0.202. The molecule has 0 radical (unpaired) electrons. The molecular weight excluding hydrogens is 278 g/mol. The predicted molar refractivity (Wildman–Crippen MR) is 100 cm³/mol. The van der Waals surface area contributed by atoms with Gasteiger partial charge in [0.05, 0.1) is 6.04 Å². The van der Waals surface area contributed by atoms with Gasteiger partial charge in [-0.15, -0.1) is 0 Å². The second-order valence-corrected chi connectivity index (χ2v) is 6.19. The molecule has 0 saturated carbocycles. The molecular formula is C22H23N. The number of allylic oxidation sites excluding steroid dienone is 4. The van der Waals surface area contributed by atoms with Crippen molar-refractivity contribution in [2.24, 2.45) is 0 Å². The number of aryl methyl sites for hydroxylation is 2. The van der Waals surface area contributed by atoms with Gasteiger partial charge < -0.3 is 4.90 Å². The van der Waals surface area contributed by atoms with E-state index >= 15 is 0 Å². The molecule has 0 fully saturated rings. The lowest BCUT2D eigenvalue weighted by molar-refractivity contribution is 0.942. The lowest BCUT2D eigenvalue weighted by Crippen LogP contribution is -2.27. The minimum absolute atomic E-state index is 0.202. The van der Waals surface area contributed by atoms with Gasteiger partial charge in [-0.3, -0.25) is 0 Å². The molecule has 1 heteroatoms. The molecule has 1 nitrogen and oxygen atoms in total. The Labute approximate surface area is 139 Å². The van der Waals surface area contributed by atoms with Crippen molar-refractivity contribution in [1.29, 1.82) is 0 Å². The summed E-state index contributed by atoms with van der Waals surface area (Å²) in [5.41, 5.74) is 6.25. The minimum Gasteiger partial charge on any atom is -0.331 e. The smallest absolute Gasteiger partial charge is 0.0712 e. The monoisotopic (exact) mass is 301 g/mol. The van der Waals surface area contributed by atoms with Crippen molar-refractivity contribution in [3.63, 3.8) is 0 Å². The Balaban J connectivity index is 2.07. The van der Waals surface area contributed by atoms with Crippen LogP contribution in [-0.4, -0.2) is 6.04 Å². The normalized spacial score (nSPS) is 16.8. The van der Waals surface area contributed by atoms with E-state index in [1.165, 1.54) is 28.1 Å². The summed E-state index contributed by atoms with van der Waals surface area (Å²) in [6, 6.07) is 17.6. The maximum Gasteiger partial charge on any atom is 0.0712 e. The Bertz CT molecular complexity index is 763. The lowest BCUT2D eigenvalue weighted by Gasteiger charge is -2.30. The van der Waals surface area contributed by atoms with Crippen LogP contribution in [0.5, 0.6) is 0 Å². The molecule has 1 aliphatic carbocycles. The summed E-state index contributed by atoms with van der Waals surface area (Å²) in [5.74, 6) is 0. The van der Waals surface area contributed by atoms with Crippen molar-refractivity contribution in [2.75, 3.05) is 4.90 Å². The number of nitrogens with zero attached hydrogens (tertiary/aromatic N) is 1. The van der Waals surface area contributed by atoms with E-state index in [0.717, 1.165) is 0 Å². The molecule has 0 amide bonds. The molecule has 1 aliphatic rings. The number of rotatable bonds is 3. The number of hydrogen-bond donors (Lipinski definition) is 0. The largest absolute Gasteiger partial charge is 0.331 e. The summed E-state index contributed by atoms with van der Waals surface area (Å²) < 4.78 is 0. The number of benzene rings is 2. The maximum absolute atomic E-state index is 2.38. The molecule has 3 rings (SSSR count). The summed E-state index contributed by atoms with van der Waals surface area (Å²) in [6.45, 7) is 6.40. The van der Waals surface area contributed by atoms with Crippen LogP contribution in [0.1, 0.15) is 18.1 Å². The summed E-state index contributed by atoms with van der Waals surface area (Å²) in [4.78, 5) is 2.38. The van der Waals surface area contributed by atoms with Gasteiger partial charge in [0.1, 0.15) is 0 Å². The first-order valence-electron chi connectivity index (χ1n) is 8.09. The van der Waals surface area contributed by atoms with Crippen LogP contribution in [0.25, 0.3) is 0 Å². The third-order valence-corrected chi connectivity index (χ3v) is 4.11. The van der Waals surface area contributed by atoms with E-state index in [0.29, 0.717) is 0 Å². The van der Waals surface area contributed by atoms with Crippen LogP contribution in [0.2, 0.25) is 0 Å². The van der Waals surface area contributed by atoms with Gasteiger partial charge in [-0.2, -0.15) is 0 Å². The average Bonchev–Trinajstić information content (AvgIpc) is 2.75. The molecule has 1 atom stereocenters. The Morgan fingerprint density at radius 1 is 0.783 bits per heavy atom. The topological polar surface area (TPSA) is 3.24 Å². The van der Waals surface area contributed by atoms with E-state index in [9.17, 15) is 0 Å². The zero-order valence-electron chi connectivity index (χ0n) is 14.0. The third kappa shape index (κ3) is 3.62. The molecule has 116 valence electrons. The zero-order valence-corrected chi connectivity index (χ0v) is 14.0. The van der Waals surface area contributed by atoms with E-state index in [-0.39, 0.29) is 6.04 Å². The van der Waals surface area contributed by atoms with Crippen LogP contribution in [0.4, 0.5) is 11.4 Å². The second kappa shape index (κ2) is 6.70. The number of hydrogen-bond acceptors (Lipinski definition) is 1. The maximum atomic E-state index is 2.38. The van der Waals surface area contributed by atoms with Crippen LogP contribution < -0.4 is 4.90 Å². The Morgan fingerprint density at radius 2 is 1.57 bits per heavy atom. The number of anilines is 2. The van der Waals surface area contributed by atoms with E-state index in [1.807, 2.05) is 0 Å². The fourth-order valence-electron chi connectivity index (χ4n) is 2.84. The molecule has 0 aromatic heterocycles. The molecule has 1 unspecified atom stereocenters. The highest BCUT2D eigenvalue weighted by Gasteiger charge is 2.17. The third-order valence-electron chi connectivity index (χ3n) is 4.11. The Hall–Kier alpha value is -2.54. The fraction of sp³-hybridized carbons (Fsp3) is 0.182. The molecule has 23 heavy (non-hydrogen) atoms. The first-order valence-corrected chi connectivity index (χ1v) is 8.09. The van der Waals surface area contributed by atoms with Crippen molar-refractivity contribution >= 4 is 11.4 Å². The quantitative estimate of drug-likeness (QED) is 0.684. The summed E-state index contributed by atoms with van der Waals surface area (Å²) in [7, 11) is 0. The first-order chi connectivity index (χ1) is 11.1. The van der Waals surface area contributed by atoms with Gasteiger partial charge in [0.25, 0.3) is 0 Å². The van der Waals surface area contributed by atoms with Crippen molar-refractivity contribution in [3.05, 3.63) is 95.6 Å². The van der Waals surface area contributed by atoms with E-state index in [2.05, 4.69) is 105 Å². The van der Waals surface area contributed by atoms with Crippen LogP contribution >= 0.6 is 0 Å². The molecule has 2 aromatic carbocycles. The summed E-state index contributed by atoms with van der Waals surface area (Å²) in [5, 5.41) is 0. The molecule has 0 N–H and O–H groups in total. The van der Waals surface area contributed by atoms with Crippen molar-refractivity contribution in [2.45, 2.75) is 26.8 Å². The van der Waals surface area contributed by atoms with Gasteiger partial charge in [0, 0.05) is 11.4 Å². The highest BCUT2D eigenvalue weighted by molar-refractivity contribution is 5.67. The van der Waals surface area contributed by atoms with Crippen molar-refractivity contribution < 1.29 is 0 Å². The highest BCUT2D eigenvalue weighted by atomic mass is 15.2. The van der Waals surface area contributed by atoms with Gasteiger partial charge in [-0.25, -0.2) is 0 Å². The fourth-order valence-corrected chi connectivity index (χ4v) is 2.84. The van der Waals surface area contributed by atoms with Crippen LogP contribution in [0.3, 0.4) is 0 Å². The molecule has 0 spiro atoms. The SMILES string of the molecule is CC1=CC=CC(N(c2ccc(C)cc2)c2cccc(C)c2)C=C1. The molecule has 0 aliphatic heterocycles. The summed E-state index contributed by atoms with van der Waals surface area (Å²) in [6.07, 6.45) is 11.0. The van der Waals surface area contributed by atoms with E-state index in [4.69, 9.17) is 0 Å².